The fourth-order valence-electron chi connectivity index (χ4n) is 3.21. The van der Waals surface area contributed by atoms with Crippen molar-refractivity contribution in [3.63, 3.8) is 0 Å². The summed E-state index contributed by atoms with van der Waals surface area (Å²) in [7, 11) is 0. The van der Waals surface area contributed by atoms with E-state index in [9.17, 15) is 4.79 Å². The van der Waals surface area contributed by atoms with Gasteiger partial charge in [0.15, 0.2) is 0 Å². The lowest BCUT2D eigenvalue weighted by molar-refractivity contribution is -0.127. The maximum absolute atomic E-state index is 12.3. The summed E-state index contributed by atoms with van der Waals surface area (Å²) in [4.78, 5) is 15.2. The molecule has 3 N–H and O–H groups in total. The summed E-state index contributed by atoms with van der Waals surface area (Å²) < 4.78 is 0. The van der Waals surface area contributed by atoms with E-state index >= 15 is 0 Å². The van der Waals surface area contributed by atoms with Crippen molar-refractivity contribution in [1.82, 2.24) is 10.2 Å². The summed E-state index contributed by atoms with van der Waals surface area (Å²) in [6.07, 6.45) is 6.66. The highest BCUT2D eigenvalue weighted by molar-refractivity contribution is 7.80. The molecule has 1 unspecified atom stereocenters. The second-order valence-corrected chi connectivity index (χ2v) is 7.07. The SMILES string of the molecule is CC(C(=O)NC1CCCC1)N1CCC(C)(C(N)=S)CC1. The first kappa shape index (κ1) is 15.7. The molecule has 0 aromatic heterocycles. The number of thiocarbonyl (C=S) groups is 1. The van der Waals surface area contributed by atoms with Gasteiger partial charge in [-0.15, -0.1) is 0 Å². The molecule has 1 atom stereocenters. The third kappa shape index (κ3) is 3.50. The lowest BCUT2D eigenvalue weighted by Crippen LogP contribution is -2.53. The molecule has 2 rings (SSSR count). The maximum atomic E-state index is 12.3. The fourth-order valence-corrected chi connectivity index (χ4v) is 3.41. The Kier molecular flexibility index (Phi) is 5.02. The Morgan fingerprint density at radius 2 is 1.90 bits per heavy atom. The Bertz CT molecular complexity index is 371. The highest BCUT2D eigenvalue weighted by Gasteiger charge is 2.35. The van der Waals surface area contributed by atoms with Gasteiger partial charge in [0.2, 0.25) is 5.91 Å². The van der Waals surface area contributed by atoms with Gasteiger partial charge < -0.3 is 11.1 Å². The van der Waals surface area contributed by atoms with Crippen LogP contribution in [0.1, 0.15) is 52.4 Å². The molecular weight excluding hydrogens is 270 g/mol. The lowest BCUT2D eigenvalue weighted by Gasteiger charge is -2.40. The molecule has 1 saturated heterocycles. The number of carbonyl (C=O) groups excluding carboxylic acids is 1. The number of nitrogens with one attached hydrogen (secondary N) is 1. The fraction of sp³-hybridized carbons (Fsp3) is 0.867. The highest BCUT2D eigenvalue weighted by atomic mass is 32.1. The highest BCUT2D eigenvalue weighted by Crippen LogP contribution is 2.32. The van der Waals surface area contributed by atoms with Crippen molar-refractivity contribution in [1.29, 1.82) is 0 Å². The molecule has 0 bridgehead atoms. The average Bonchev–Trinajstić information content (AvgIpc) is 2.91. The zero-order valence-electron chi connectivity index (χ0n) is 12.7. The van der Waals surface area contributed by atoms with Gasteiger partial charge in [-0.05, 0) is 45.7 Å². The van der Waals surface area contributed by atoms with Crippen LogP contribution in [-0.4, -0.2) is 41.0 Å². The van der Waals surface area contributed by atoms with Gasteiger partial charge in [-0.1, -0.05) is 32.0 Å². The van der Waals surface area contributed by atoms with E-state index in [0.29, 0.717) is 11.0 Å². The van der Waals surface area contributed by atoms with Gasteiger partial charge in [0.05, 0.1) is 11.0 Å². The summed E-state index contributed by atoms with van der Waals surface area (Å²) in [5.74, 6) is 0.177. The van der Waals surface area contributed by atoms with Crippen molar-refractivity contribution in [2.24, 2.45) is 11.1 Å². The zero-order chi connectivity index (χ0) is 14.8. The first-order valence-electron chi connectivity index (χ1n) is 7.77. The number of rotatable bonds is 4. The Labute approximate surface area is 127 Å². The minimum absolute atomic E-state index is 0.0342. The summed E-state index contributed by atoms with van der Waals surface area (Å²) >= 11 is 5.16. The van der Waals surface area contributed by atoms with Crippen molar-refractivity contribution >= 4 is 23.1 Å². The zero-order valence-corrected chi connectivity index (χ0v) is 13.5. The van der Waals surface area contributed by atoms with Crippen LogP contribution < -0.4 is 11.1 Å². The second kappa shape index (κ2) is 6.39. The van der Waals surface area contributed by atoms with Crippen molar-refractivity contribution in [2.75, 3.05) is 13.1 Å². The van der Waals surface area contributed by atoms with Crippen LogP contribution in [-0.2, 0) is 4.79 Å². The maximum Gasteiger partial charge on any atom is 0.237 e. The number of likely N-dealkylation sites (tertiary alicyclic amines) is 1. The Morgan fingerprint density at radius 1 is 1.35 bits per heavy atom. The smallest absolute Gasteiger partial charge is 0.237 e. The average molecular weight is 297 g/mol. The van der Waals surface area contributed by atoms with Gasteiger partial charge >= 0.3 is 0 Å². The Hall–Kier alpha value is -0.680. The van der Waals surface area contributed by atoms with Crippen LogP contribution >= 0.6 is 12.2 Å². The monoisotopic (exact) mass is 297 g/mol. The van der Waals surface area contributed by atoms with Crippen LogP contribution in [0.4, 0.5) is 0 Å². The molecule has 20 heavy (non-hydrogen) atoms. The quantitative estimate of drug-likeness (QED) is 0.777. The summed E-state index contributed by atoms with van der Waals surface area (Å²) in [5, 5.41) is 3.19. The minimum atomic E-state index is -0.0495. The van der Waals surface area contributed by atoms with E-state index in [1.54, 1.807) is 0 Å². The molecule has 2 aliphatic rings. The number of amides is 1. The topological polar surface area (TPSA) is 58.4 Å². The number of nitrogens with two attached hydrogens (primary N) is 1. The van der Waals surface area contributed by atoms with Gasteiger partial charge in [-0.2, -0.15) is 0 Å². The van der Waals surface area contributed by atoms with Gasteiger partial charge in [0, 0.05) is 11.5 Å². The molecule has 0 spiro atoms. The van der Waals surface area contributed by atoms with Gasteiger partial charge in [-0.3, -0.25) is 9.69 Å². The van der Waals surface area contributed by atoms with Crippen LogP contribution in [0.15, 0.2) is 0 Å². The lowest BCUT2D eigenvalue weighted by atomic mass is 9.80. The van der Waals surface area contributed by atoms with Crippen molar-refractivity contribution in [2.45, 2.75) is 64.5 Å². The number of piperidine rings is 1. The molecule has 4 nitrogen and oxygen atoms in total. The van der Waals surface area contributed by atoms with Crippen molar-refractivity contribution in [3.8, 4) is 0 Å². The molecule has 0 aromatic carbocycles. The van der Waals surface area contributed by atoms with Crippen LogP contribution in [0.25, 0.3) is 0 Å². The predicted molar refractivity (Wildman–Crippen MR) is 85.6 cm³/mol. The first-order chi connectivity index (χ1) is 9.42. The predicted octanol–water partition coefficient (Wildman–Crippen LogP) is 1.82. The molecule has 1 aliphatic heterocycles. The number of hydrogen-bond donors (Lipinski definition) is 2. The molecule has 1 aliphatic carbocycles. The largest absolute Gasteiger partial charge is 0.393 e. The molecule has 114 valence electrons. The van der Waals surface area contributed by atoms with Gasteiger partial charge in [-0.25, -0.2) is 0 Å². The molecule has 2 fully saturated rings. The van der Waals surface area contributed by atoms with E-state index in [1.807, 2.05) is 6.92 Å². The summed E-state index contributed by atoms with van der Waals surface area (Å²) in [6.45, 7) is 5.93. The van der Waals surface area contributed by atoms with E-state index in [1.165, 1.54) is 12.8 Å². The summed E-state index contributed by atoms with van der Waals surface area (Å²) in [5.41, 5.74) is 5.79. The minimum Gasteiger partial charge on any atom is -0.393 e. The van der Waals surface area contributed by atoms with E-state index < -0.39 is 0 Å². The van der Waals surface area contributed by atoms with E-state index in [-0.39, 0.29) is 17.4 Å². The van der Waals surface area contributed by atoms with Crippen LogP contribution in [0.5, 0.6) is 0 Å². The third-order valence-electron chi connectivity index (χ3n) is 5.13. The molecule has 1 saturated carbocycles. The van der Waals surface area contributed by atoms with Crippen LogP contribution in [0, 0.1) is 5.41 Å². The second-order valence-electron chi connectivity index (χ2n) is 6.63. The van der Waals surface area contributed by atoms with Crippen molar-refractivity contribution in [3.05, 3.63) is 0 Å². The van der Waals surface area contributed by atoms with Crippen LogP contribution in [0.2, 0.25) is 0 Å². The van der Waals surface area contributed by atoms with E-state index in [4.69, 9.17) is 18.0 Å². The Morgan fingerprint density at radius 3 is 2.40 bits per heavy atom. The Balaban J connectivity index is 1.83. The molecule has 1 heterocycles. The number of nitrogens with zero attached hydrogens (tertiary/aromatic N) is 1. The van der Waals surface area contributed by atoms with Crippen LogP contribution in [0.3, 0.4) is 0 Å². The normalized spacial score (nSPS) is 25.3. The third-order valence-corrected chi connectivity index (χ3v) is 5.62. The molecular formula is C15H27N3OS. The van der Waals surface area contributed by atoms with Gasteiger partial charge in [0.25, 0.3) is 0 Å². The molecule has 0 aromatic rings. The van der Waals surface area contributed by atoms with E-state index in [0.717, 1.165) is 38.8 Å². The number of carbonyl (C=O) groups is 1. The first-order valence-corrected chi connectivity index (χ1v) is 8.17. The van der Waals surface area contributed by atoms with Gasteiger partial charge in [0.1, 0.15) is 0 Å². The van der Waals surface area contributed by atoms with Crippen molar-refractivity contribution < 1.29 is 4.79 Å². The standard InChI is InChI=1S/C15H27N3OS/c1-11(13(19)17-12-5-3-4-6-12)18-9-7-15(2,8-10-18)14(16)20/h11-12H,3-10H2,1-2H3,(H2,16,20)(H,17,19). The number of hydrogen-bond acceptors (Lipinski definition) is 3. The summed E-state index contributed by atoms with van der Waals surface area (Å²) in [6, 6.07) is 0.350. The molecule has 5 heteroatoms. The molecule has 0 radical (unpaired) electrons. The van der Waals surface area contributed by atoms with E-state index in [2.05, 4.69) is 17.1 Å². The molecule has 1 amide bonds.